The Morgan fingerprint density at radius 1 is 0.903 bits per heavy atom. The highest BCUT2D eigenvalue weighted by Crippen LogP contribution is 2.41. The molecule has 1 aliphatic carbocycles. The van der Waals surface area contributed by atoms with Crippen LogP contribution in [0.1, 0.15) is 38.1 Å². The van der Waals surface area contributed by atoms with Gasteiger partial charge in [-0.1, -0.05) is 73.3 Å². The van der Waals surface area contributed by atoms with Crippen molar-refractivity contribution in [1.29, 1.82) is 0 Å². The predicted molar refractivity (Wildman–Crippen MR) is 131 cm³/mol. The smallest absolute Gasteiger partial charge is 0.184 e. The van der Waals surface area contributed by atoms with E-state index in [1.165, 1.54) is 76.6 Å². The fourth-order valence-electron chi connectivity index (χ4n) is 4.96. The van der Waals surface area contributed by atoms with E-state index < -0.39 is 0 Å². The molecule has 0 unspecified atom stereocenters. The highest BCUT2D eigenvalue weighted by molar-refractivity contribution is 7.22. The molecule has 0 bridgehead atoms. The molecule has 0 radical (unpaired) electrons. The molecule has 1 fully saturated rings. The summed E-state index contributed by atoms with van der Waals surface area (Å²) >= 11 is 7.69. The van der Waals surface area contributed by atoms with Gasteiger partial charge in [0.25, 0.3) is 0 Å². The lowest BCUT2D eigenvalue weighted by atomic mass is 9.91. The van der Waals surface area contributed by atoms with Crippen LogP contribution in [0.3, 0.4) is 0 Å². The van der Waals surface area contributed by atoms with Crippen LogP contribution in [0.25, 0.3) is 43.4 Å². The summed E-state index contributed by atoms with van der Waals surface area (Å²) in [5.41, 5.74) is 7.04. The average molecular weight is 444 g/mol. The Kier molecular flexibility index (Phi) is 4.77. The van der Waals surface area contributed by atoms with Crippen molar-refractivity contribution in [2.24, 2.45) is 0 Å². The summed E-state index contributed by atoms with van der Waals surface area (Å²) in [4.78, 5) is 4.40. The number of nitrogens with zero attached hydrogens (tertiary/aromatic N) is 3. The Hall–Kier alpha value is -2.69. The maximum absolute atomic E-state index is 6.16. The zero-order valence-electron chi connectivity index (χ0n) is 17.1. The van der Waals surface area contributed by atoms with Gasteiger partial charge in [-0.25, -0.2) is 4.98 Å². The molecule has 5 aromatic rings. The molecule has 1 aliphatic rings. The van der Waals surface area contributed by atoms with E-state index in [9.17, 15) is 0 Å². The SMILES string of the molecule is Clc1nc2ccc(-c3ccc4c(cnn4C4CCCCC4)c3-c3ccccc3)cc2s1. The van der Waals surface area contributed by atoms with E-state index in [1.807, 2.05) is 0 Å². The van der Waals surface area contributed by atoms with E-state index in [2.05, 4.69) is 76.5 Å². The number of halogens is 1. The van der Waals surface area contributed by atoms with E-state index in [4.69, 9.17) is 16.7 Å². The van der Waals surface area contributed by atoms with Crippen LogP contribution in [0, 0.1) is 0 Å². The molecule has 2 aromatic heterocycles. The minimum absolute atomic E-state index is 0.511. The van der Waals surface area contributed by atoms with Crippen molar-refractivity contribution in [3.8, 4) is 22.3 Å². The first-order chi connectivity index (χ1) is 15.3. The van der Waals surface area contributed by atoms with Gasteiger partial charge >= 0.3 is 0 Å². The van der Waals surface area contributed by atoms with Crippen LogP contribution in [0.4, 0.5) is 0 Å². The predicted octanol–water partition coefficient (Wildman–Crippen LogP) is 8.14. The second-order valence-electron chi connectivity index (χ2n) is 8.32. The fraction of sp³-hybridized carbons (Fsp3) is 0.231. The van der Waals surface area contributed by atoms with Crippen LogP contribution in [0.15, 0.2) is 66.9 Å². The molecular weight excluding hydrogens is 422 g/mol. The number of thiazole rings is 1. The normalized spacial score (nSPS) is 15.1. The second kappa shape index (κ2) is 7.77. The molecule has 0 atom stereocenters. The topological polar surface area (TPSA) is 30.7 Å². The van der Waals surface area contributed by atoms with Gasteiger partial charge in [-0.3, -0.25) is 4.68 Å². The lowest BCUT2D eigenvalue weighted by Crippen LogP contribution is -2.13. The summed E-state index contributed by atoms with van der Waals surface area (Å²) in [6.45, 7) is 0. The third-order valence-electron chi connectivity index (χ3n) is 6.44. The quantitative estimate of drug-likeness (QED) is 0.281. The number of benzene rings is 3. The van der Waals surface area contributed by atoms with Crippen molar-refractivity contribution < 1.29 is 0 Å². The van der Waals surface area contributed by atoms with Crippen molar-refractivity contribution >= 4 is 44.1 Å². The van der Waals surface area contributed by atoms with Crippen LogP contribution in [-0.4, -0.2) is 14.8 Å². The van der Waals surface area contributed by atoms with Crippen molar-refractivity contribution in [2.75, 3.05) is 0 Å². The Balaban J connectivity index is 1.58. The van der Waals surface area contributed by atoms with Gasteiger partial charge in [0.1, 0.15) is 0 Å². The van der Waals surface area contributed by atoms with Gasteiger partial charge in [-0.15, -0.1) is 11.3 Å². The number of hydrogen-bond acceptors (Lipinski definition) is 3. The molecule has 0 amide bonds. The van der Waals surface area contributed by atoms with Gasteiger partial charge in [-0.2, -0.15) is 5.10 Å². The zero-order chi connectivity index (χ0) is 20.8. The van der Waals surface area contributed by atoms with Crippen LogP contribution in [0.2, 0.25) is 4.47 Å². The van der Waals surface area contributed by atoms with Gasteiger partial charge in [0.2, 0.25) is 0 Å². The van der Waals surface area contributed by atoms with Crippen molar-refractivity contribution in [3.63, 3.8) is 0 Å². The third kappa shape index (κ3) is 3.35. The molecule has 3 aromatic carbocycles. The van der Waals surface area contributed by atoms with Gasteiger partial charge in [0, 0.05) is 10.9 Å². The number of fused-ring (bicyclic) bond motifs is 2. The standard InChI is InChI=1S/C26H22ClN3S/c27-26-29-22-13-11-18(15-24(22)31-26)20-12-14-23-21(25(20)17-7-3-1-4-8-17)16-28-30(23)19-9-5-2-6-10-19/h1,3-4,7-8,11-16,19H,2,5-6,9-10H2. The van der Waals surface area contributed by atoms with Crippen molar-refractivity contribution in [2.45, 2.75) is 38.1 Å². The van der Waals surface area contributed by atoms with Crippen LogP contribution >= 0.6 is 22.9 Å². The molecule has 6 rings (SSSR count). The molecule has 3 nitrogen and oxygen atoms in total. The van der Waals surface area contributed by atoms with Gasteiger partial charge in [-0.05, 0) is 47.7 Å². The van der Waals surface area contributed by atoms with Gasteiger partial charge < -0.3 is 0 Å². The summed E-state index contributed by atoms with van der Waals surface area (Å²) in [5, 5.41) is 6.10. The first-order valence-corrected chi connectivity index (χ1v) is 12.1. The van der Waals surface area contributed by atoms with E-state index in [0.717, 1.165) is 10.2 Å². The van der Waals surface area contributed by atoms with Gasteiger partial charge in [0.15, 0.2) is 4.47 Å². The highest BCUT2D eigenvalue weighted by atomic mass is 35.5. The summed E-state index contributed by atoms with van der Waals surface area (Å²) in [5.74, 6) is 0. The van der Waals surface area contributed by atoms with Crippen molar-refractivity contribution in [3.05, 3.63) is 71.3 Å². The molecule has 0 aliphatic heterocycles. The molecular formula is C26H22ClN3S. The monoisotopic (exact) mass is 443 g/mol. The lowest BCUT2D eigenvalue weighted by molar-refractivity contribution is 0.337. The Bertz CT molecular complexity index is 1380. The maximum atomic E-state index is 6.16. The van der Waals surface area contributed by atoms with Gasteiger partial charge in [0.05, 0.1) is 28.0 Å². The van der Waals surface area contributed by atoms with E-state index in [1.54, 1.807) is 0 Å². The first-order valence-electron chi connectivity index (χ1n) is 10.9. The summed E-state index contributed by atoms with van der Waals surface area (Å²) in [6, 6.07) is 22.1. The summed E-state index contributed by atoms with van der Waals surface area (Å²) in [7, 11) is 0. The highest BCUT2D eigenvalue weighted by Gasteiger charge is 2.21. The molecule has 0 saturated heterocycles. The van der Waals surface area contributed by atoms with Crippen LogP contribution in [-0.2, 0) is 0 Å². The molecule has 154 valence electrons. The minimum Gasteiger partial charge on any atom is -0.262 e. The lowest BCUT2D eigenvalue weighted by Gasteiger charge is -2.23. The third-order valence-corrected chi connectivity index (χ3v) is 7.56. The molecule has 0 spiro atoms. The first kappa shape index (κ1) is 19.0. The number of hydrogen-bond donors (Lipinski definition) is 0. The molecule has 5 heteroatoms. The number of aromatic nitrogens is 3. The van der Waals surface area contributed by atoms with Crippen LogP contribution in [0.5, 0.6) is 0 Å². The number of rotatable bonds is 3. The Morgan fingerprint density at radius 2 is 1.74 bits per heavy atom. The second-order valence-corrected chi connectivity index (χ2v) is 9.93. The van der Waals surface area contributed by atoms with Crippen molar-refractivity contribution in [1.82, 2.24) is 14.8 Å². The van der Waals surface area contributed by atoms with E-state index >= 15 is 0 Å². The maximum Gasteiger partial charge on any atom is 0.184 e. The fourth-order valence-corrected chi connectivity index (χ4v) is 6.03. The minimum atomic E-state index is 0.511. The Labute approximate surface area is 190 Å². The summed E-state index contributed by atoms with van der Waals surface area (Å²) < 4.78 is 3.97. The van der Waals surface area contributed by atoms with E-state index in [0.29, 0.717) is 10.5 Å². The Morgan fingerprint density at radius 3 is 2.58 bits per heavy atom. The average Bonchev–Trinajstić information content (AvgIpc) is 3.41. The zero-order valence-corrected chi connectivity index (χ0v) is 18.7. The molecule has 2 heterocycles. The molecule has 1 saturated carbocycles. The summed E-state index contributed by atoms with van der Waals surface area (Å²) in [6.07, 6.45) is 8.46. The molecule has 31 heavy (non-hydrogen) atoms. The largest absolute Gasteiger partial charge is 0.262 e. The molecule has 0 N–H and O–H groups in total. The van der Waals surface area contributed by atoms with E-state index in [-0.39, 0.29) is 0 Å². The van der Waals surface area contributed by atoms with Crippen LogP contribution < -0.4 is 0 Å².